The summed E-state index contributed by atoms with van der Waals surface area (Å²) in [6, 6.07) is 10.5. The molecule has 0 aliphatic carbocycles. The van der Waals surface area contributed by atoms with Crippen molar-refractivity contribution in [2.45, 2.75) is 25.4 Å². The molecule has 1 aliphatic rings. The molecule has 0 saturated carbocycles. The van der Waals surface area contributed by atoms with E-state index in [9.17, 15) is 0 Å². The van der Waals surface area contributed by atoms with Gasteiger partial charge in [0, 0.05) is 13.6 Å². The molecule has 1 aromatic carbocycles. The number of nitrogens with zero attached hydrogens (tertiary/aromatic N) is 6. The molecule has 2 aromatic heterocycles. The molecular weight excluding hydrogens is 290 g/mol. The summed E-state index contributed by atoms with van der Waals surface area (Å²) < 4.78 is 1.79. The summed E-state index contributed by atoms with van der Waals surface area (Å²) in [6.45, 7) is 1.94. The zero-order valence-electron chi connectivity index (χ0n) is 13.1. The second-order valence-electron chi connectivity index (χ2n) is 6.05. The average molecular weight is 309 g/mol. The van der Waals surface area contributed by atoms with Crippen molar-refractivity contribution < 1.29 is 0 Å². The zero-order chi connectivity index (χ0) is 15.8. The van der Waals surface area contributed by atoms with E-state index in [1.807, 2.05) is 19.2 Å². The fourth-order valence-corrected chi connectivity index (χ4v) is 3.30. The van der Waals surface area contributed by atoms with Crippen LogP contribution in [0, 0.1) is 0 Å². The molecule has 23 heavy (non-hydrogen) atoms. The molecule has 4 rings (SSSR count). The van der Waals surface area contributed by atoms with Crippen molar-refractivity contribution in [1.82, 2.24) is 30.1 Å². The lowest BCUT2D eigenvalue weighted by molar-refractivity contribution is 0.243. The molecule has 1 aliphatic heterocycles. The van der Waals surface area contributed by atoms with Crippen LogP contribution in [-0.4, -0.2) is 36.6 Å². The van der Waals surface area contributed by atoms with E-state index < -0.39 is 0 Å². The van der Waals surface area contributed by atoms with E-state index in [4.69, 9.17) is 5.73 Å². The molecule has 7 heteroatoms. The standard InChI is InChI=1S/C16H19N7/c1-22-14-6-4-11(9-13(14)19-21-22)10-23-8-2-3-15(23)12-5-7-16(17)20-18-12/h4-7,9,15H,2-3,8,10H2,1H3,(H2,17,20). The molecule has 3 aromatic rings. The minimum Gasteiger partial charge on any atom is -0.382 e. The third kappa shape index (κ3) is 2.63. The maximum Gasteiger partial charge on any atom is 0.146 e. The number of fused-ring (bicyclic) bond motifs is 1. The Morgan fingerprint density at radius 1 is 1.17 bits per heavy atom. The van der Waals surface area contributed by atoms with Crippen molar-refractivity contribution in [3.63, 3.8) is 0 Å². The van der Waals surface area contributed by atoms with Gasteiger partial charge in [-0.25, -0.2) is 4.68 Å². The predicted octanol–water partition coefficient (Wildman–Crippen LogP) is 1.68. The highest BCUT2D eigenvalue weighted by molar-refractivity contribution is 5.74. The van der Waals surface area contributed by atoms with Crippen LogP contribution < -0.4 is 5.73 Å². The van der Waals surface area contributed by atoms with Gasteiger partial charge in [-0.1, -0.05) is 11.3 Å². The topological polar surface area (TPSA) is 85.8 Å². The maximum atomic E-state index is 5.64. The summed E-state index contributed by atoms with van der Waals surface area (Å²) in [5.74, 6) is 0.464. The first kappa shape index (κ1) is 14.1. The Kier molecular flexibility index (Phi) is 3.42. The summed E-state index contributed by atoms with van der Waals surface area (Å²) in [5.41, 5.74) is 9.87. The number of hydrogen-bond acceptors (Lipinski definition) is 6. The van der Waals surface area contributed by atoms with Crippen LogP contribution in [0.3, 0.4) is 0 Å². The number of aryl methyl sites for hydroxylation is 1. The number of benzene rings is 1. The largest absolute Gasteiger partial charge is 0.382 e. The van der Waals surface area contributed by atoms with Gasteiger partial charge in [-0.05, 0) is 49.2 Å². The van der Waals surface area contributed by atoms with E-state index in [-0.39, 0.29) is 0 Å². The van der Waals surface area contributed by atoms with Crippen molar-refractivity contribution >= 4 is 16.9 Å². The van der Waals surface area contributed by atoms with Gasteiger partial charge < -0.3 is 5.73 Å². The lowest BCUT2D eigenvalue weighted by Crippen LogP contribution is -2.23. The number of nitrogens with two attached hydrogens (primary N) is 1. The van der Waals surface area contributed by atoms with Crippen LogP contribution in [0.1, 0.15) is 30.1 Å². The molecule has 1 saturated heterocycles. The number of aromatic nitrogens is 5. The van der Waals surface area contributed by atoms with Crippen LogP contribution in [0.15, 0.2) is 30.3 Å². The predicted molar refractivity (Wildman–Crippen MR) is 87.3 cm³/mol. The fourth-order valence-electron chi connectivity index (χ4n) is 3.30. The molecule has 3 heterocycles. The molecular formula is C16H19N7. The van der Waals surface area contributed by atoms with E-state index in [1.165, 1.54) is 12.0 Å². The van der Waals surface area contributed by atoms with Gasteiger partial charge in [-0.3, -0.25) is 4.90 Å². The number of hydrogen-bond donors (Lipinski definition) is 1. The van der Waals surface area contributed by atoms with Crippen LogP contribution >= 0.6 is 0 Å². The number of rotatable bonds is 3. The van der Waals surface area contributed by atoms with Crippen LogP contribution in [0.5, 0.6) is 0 Å². The highest BCUT2D eigenvalue weighted by Gasteiger charge is 2.27. The summed E-state index contributed by atoms with van der Waals surface area (Å²) in [5, 5.41) is 16.5. The molecule has 1 fully saturated rings. The van der Waals surface area contributed by atoms with E-state index in [0.29, 0.717) is 11.9 Å². The maximum absolute atomic E-state index is 5.64. The molecule has 1 atom stereocenters. The Hall–Kier alpha value is -2.54. The number of anilines is 1. The van der Waals surface area contributed by atoms with Crippen molar-refractivity contribution in [3.8, 4) is 0 Å². The number of likely N-dealkylation sites (tertiary alicyclic amines) is 1. The minimum absolute atomic E-state index is 0.306. The molecule has 1 unspecified atom stereocenters. The first-order valence-electron chi connectivity index (χ1n) is 7.82. The first-order chi connectivity index (χ1) is 11.2. The summed E-state index contributed by atoms with van der Waals surface area (Å²) >= 11 is 0. The van der Waals surface area contributed by atoms with Gasteiger partial charge in [0.25, 0.3) is 0 Å². The Morgan fingerprint density at radius 2 is 2.09 bits per heavy atom. The van der Waals surface area contributed by atoms with Gasteiger partial charge in [0.05, 0.1) is 17.3 Å². The van der Waals surface area contributed by atoms with Gasteiger partial charge in [0.1, 0.15) is 11.3 Å². The third-order valence-electron chi connectivity index (χ3n) is 4.47. The fraction of sp³-hybridized carbons (Fsp3) is 0.375. The lowest BCUT2D eigenvalue weighted by Gasteiger charge is -2.23. The molecule has 0 spiro atoms. The summed E-state index contributed by atoms with van der Waals surface area (Å²) in [6.07, 6.45) is 2.27. The average Bonchev–Trinajstić information content (AvgIpc) is 3.15. The Morgan fingerprint density at radius 3 is 2.91 bits per heavy atom. The summed E-state index contributed by atoms with van der Waals surface area (Å²) in [7, 11) is 1.91. The second kappa shape index (κ2) is 5.58. The van der Waals surface area contributed by atoms with Crippen LogP contribution in [0.2, 0.25) is 0 Å². The Bertz CT molecular complexity index is 824. The SMILES string of the molecule is Cn1nnc2cc(CN3CCCC3c3ccc(N)nn3)ccc21. The van der Waals surface area contributed by atoms with Crippen molar-refractivity contribution in [2.75, 3.05) is 12.3 Å². The molecule has 7 nitrogen and oxygen atoms in total. The Labute approximate surface area is 134 Å². The quantitative estimate of drug-likeness (QED) is 0.792. The van der Waals surface area contributed by atoms with Crippen LogP contribution in [-0.2, 0) is 13.6 Å². The molecule has 0 bridgehead atoms. The van der Waals surface area contributed by atoms with Gasteiger partial charge in [-0.2, -0.15) is 5.10 Å². The smallest absolute Gasteiger partial charge is 0.146 e. The molecule has 0 amide bonds. The minimum atomic E-state index is 0.306. The summed E-state index contributed by atoms with van der Waals surface area (Å²) in [4.78, 5) is 2.44. The van der Waals surface area contributed by atoms with Crippen molar-refractivity contribution in [3.05, 3.63) is 41.6 Å². The first-order valence-corrected chi connectivity index (χ1v) is 7.82. The van der Waals surface area contributed by atoms with E-state index >= 15 is 0 Å². The zero-order valence-corrected chi connectivity index (χ0v) is 13.1. The highest BCUT2D eigenvalue weighted by atomic mass is 15.4. The van der Waals surface area contributed by atoms with Crippen molar-refractivity contribution in [2.24, 2.45) is 7.05 Å². The van der Waals surface area contributed by atoms with E-state index in [2.05, 4.69) is 43.6 Å². The Balaban J connectivity index is 1.57. The molecule has 118 valence electrons. The monoisotopic (exact) mass is 309 g/mol. The van der Waals surface area contributed by atoms with Gasteiger partial charge in [-0.15, -0.1) is 10.2 Å². The molecule has 2 N–H and O–H groups in total. The van der Waals surface area contributed by atoms with Gasteiger partial charge >= 0.3 is 0 Å². The number of nitrogen functional groups attached to an aromatic ring is 1. The van der Waals surface area contributed by atoms with Crippen LogP contribution in [0.25, 0.3) is 11.0 Å². The highest BCUT2D eigenvalue weighted by Crippen LogP contribution is 2.32. The van der Waals surface area contributed by atoms with Gasteiger partial charge in [0.15, 0.2) is 0 Å². The second-order valence-corrected chi connectivity index (χ2v) is 6.05. The normalized spacial score (nSPS) is 18.7. The van der Waals surface area contributed by atoms with E-state index in [1.54, 1.807) is 4.68 Å². The van der Waals surface area contributed by atoms with Gasteiger partial charge in [0.2, 0.25) is 0 Å². The lowest BCUT2D eigenvalue weighted by atomic mass is 10.1. The van der Waals surface area contributed by atoms with E-state index in [0.717, 1.165) is 36.2 Å². The molecule has 0 radical (unpaired) electrons. The van der Waals surface area contributed by atoms with Crippen molar-refractivity contribution in [1.29, 1.82) is 0 Å². The van der Waals surface area contributed by atoms with Crippen LogP contribution in [0.4, 0.5) is 5.82 Å². The third-order valence-corrected chi connectivity index (χ3v) is 4.47.